The van der Waals surface area contributed by atoms with Crippen LogP contribution in [-0.2, 0) is 0 Å². The number of benzene rings is 4. The molecule has 1 N–H and O–H groups in total. The second-order valence-electron chi connectivity index (χ2n) is 9.96. The molecule has 0 spiro atoms. The van der Waals surface area contributed by atoms with Gasteiger partial charge >= 0.3 is 0 Å². The van der Waals surface area contributed by atoms with E-state index in [2.05, 4.69) is 32.9 Å². The smallest absolute Gasteiger partial charge is 0.272 e. The topological polar surface area (TPSA) is 143 Å². The van der Waals surface area contributed by atoms with Gasteiger partial charge in [-0.15, -0.1) is 15.3 Å². The van der Waals surface area contributed by atoms with Crippen LogP contribution in [-0.4, -0.2) is 37.7 Å². The van der Waals surface area contributed by atoms with Crippen molar-refractivity contribution in [2.75, 3.05) is 25.1 Å². The third kappa shape index (κ3) is 8.63. The summed E-state index contributed by atoms with van der Waals surface area (Å²) in [5, 5.41) is 31.5. The van der Waals surface area contributed by atoms with Crippen molar-refractivity contribution in [2.45, 2.75) is 19.8 Å². The molecule has 0 saturated heterocycles. The molecule has 230 valence electrons. The lowest BCUT2D eigenvalue weighted by molar-refractivity contribution is 0.0943. The van der Waals surface area contributed by atoms with Gasteiger partial charge in [-0.3, -0.25) is 9.59 Å². The molecule has 10 nitrogen and oxygen atoms in total. The highest BCUT2D eigenvalue weighted by atomic mass is 35.5. The Morgan fingerprint density at radius 3 is 2.17 bits per heavy atom. The first-order chi connectivity index (χ1) is 22.3. The normalized spacial score (nSPS) is 11.0. The van der Waals surface area contributed by atoms with E-state index in [1.54, 1.807) is 73.8 Å². The molecule has 0 heterocycles. The fraction of sp³-hybridized carbons (Fsp3) is 0.171. The Balaban J connectivity index is 1.71. The minimum absolute atomic E-state index is 0.0502. The van der Waals surface area contributed by atoms with Gasteiger partial charge < -0.3 is 9.64 Å². The minimum Gasteiger partial charge on any atom is -0.497 e. The van der Waals surface area contributed by atoms with Crippen LogP contribution >= 0.6 is 11.6 Å². The highest BCUT2D eigenvalue weighted by Gasteiger charge is 2.20. The number of nitrogens with one attached hydrogen (secondary N) is 1. The number of rotatable bonds is 12. The van der Waals surface area contributed by atoms with Crippen LogP contribution in [0.1, 0.15) is 50.2 Å². The van der Waals surface area contributed by atoms with Crippen LogP contribution < -0.4 is 15.1 Å². The lowest BCUT2D eigenvalue weighted by Gasteiger charge is -2.23. The SMILES string of the molecule is COc1ccc(N=N/C(=N/NC(=O)c2cc(Cl)ccc2C(=O)c2ccccc2)c2ccc(N(CCC#N)CCC#N)cc2C)cc1. The molecule has 46 heavy (non-hydrogen) atoms. The quantitative estimate of drug-likeness (QED) is 0.0567. The van der Waals surface area contributed by atoms with Gasteiger partial charge in [0.05, 0.1) is 43.3 Å². The van der Waals surface area contributed by atoms with Crippen LogP contribution in [0.4, 0.5) is 11.4 Å². The highest BCUT2D eigenvalue weighted by Crippen LogP contribution is 2.24. The van der Waals surface area contributed by atoms with Crippen molar-refractivity contribution < 1.29 is 14.3 Å². The van der Waals surface area contributed by atoms with Crippen molar-refractivity contribution in [3.05, 3.63) is 124 Å². The maximum atomic E-state index is 13.5. The third-order valence-corrected chi connectivity index (χ3v) is 7.14. The van der Waals surface area contributed by atoms with E-state index in [-0.39, 0.29) is 27.8 Å². The van der Waals surface area contributed by atoms with Crippen LogP contribution in [0.15, 0.2) is 106 Å². The lowest BCUT2D eigenvalue weighted by atomic mass is 9.98. The van der Waals surface area contributed by atoms with Gasteiger partial charge in [-0.2, -0.15) is 10.5 Å². The number of ketones is 1. The molecule has 0 saturated carbocycles. The van der Waals surface area contributed by atoms with E-state index in [9.17, 15) is 9.59 Å². The molecule has 4 aromatic rings. The fourth-order valence-corrected chi connectivity index (χ4v) is 4.71. The van der Waals surface area contributed by atoms with E-state index in [4.69, 9.17) is 26.9 Å². The molecule has 0 atom stereocenters. The summed E-state index contributed by atoms with van der Waals surface area (Å²) in [5.41, 5.74) is 5.86. The molecule has 0 aliphatic carbocycles. The van der Waals surface area contributed by atoms with Crippen molar-refractivity contribution >= 4 is 40.5 Å². The number of nitriles is 2. The fourth-order valence-electron chi connectivity index (χ4n) is 4.54. The Morgan fingerprint density at radius 1 is 0.870 bits per heavy atom. The second kappa shape index (κ2) is 16.3. The number of ether oxygens (including phenoxy) is 1. The van der Waals surface area contributed by atoms with Crippen LogP contribution in [0, 0.1) is 29.6 Å². The van der Waals surface area contributed by atoms with Gasteiger partial charge in [0.15, 0.2) is 5.78 Å². The number of amides is 1. The standard InChI is InChI=1S/C35H30ClN7O3/c1-24-22-28(43(20-6-18-37)21-7-19-38)13-17-30(24)34(40-39-27-11-14-29(46-2)15-12-27)41-42-35(45)32-23-26(36)10-16-31(32)33(44)25-8-4-3-5-9-25/h3-5,8-17,22-23H,6-7,20-21H2,1-2H3,(H,42,45)/b40-39?,41-34+. The number of azo groups is 1. The molecule has 0 aliphatic heterocycles. The maximum Gasteiger partial charge on any atom is 0.272 e. The lowest BCUT2D eigenvalue weighted by Crippen LogP contribution is -2.25. The van der Waals surface area contributed by atoms with E-state index in [0.29, 0.717) is 48.5 Å². The molecule has 4 rings (SSSR count). The number of carbonyl (C=O) groups is 2. The summed E-state index contributed by atoms with van der Waals surface area (Å²) in [4.78, 5) is 28.7. The number of hydrogen-bond acceptors (Lipinski definition) is 8. The van der Waals surface area contributed by atoms with Crippen LogP contribution in [0.3, 0.4) is 0 Å². The summed E-state index contributed by atoms with van der Waals surface area (Å²) in [7, 11) is 1.57. The molecule has 0 bridgehead atoms. The number of aryl methyl sites for hydroxylation is 1. The van der Waals surface area contributed by atoms with Crippen molar-refractivity contribution in [3.8, 4) is 17.9 Å². The largest absolute Gasteiger partial charge is 0.497 e. The first-order valence-corrected chi connectivity index (χ1v) is 14.7. The highest BCUT2D eigenvalue weighted by molar-refractivity contribution is 6.31. The van der Waals surface area contributed by atoms with Gasteiger partial charge in [0.2, 0.25) is 5.84 Å². The Bertz CT molecular complexity index is 1830. The van der Waals surface area contributed by atoms with Crippen LogP contribution in [0.2, 0.25) is 5.02 Å². The average Bonchev–Trinajstić information content (AvgIpc) is 3.08. The second-order valence-corrected chi connectivity index (χ2v) is 10.4. The van der Waals surface area contributed by atoms with Crippen LogP contribution in [0.25, 0.3) is 0 Å². The van der Waals surface area contributed by atoms with E-state index in [1.165, 1.54) is 12.1 Å². The molecule has 0 aliphatic rings. The van der Waals surface area contributed by atoms with Crippen molar-refractivity contribution in [1.82, 2.24) is 5.43 Å². The molecule has 0 aromatic heterocycles. The zero-order chi connectivity index (χ0) is 32.9. The summed E-state index contributed by atoms with van der Waals surface area (Å²) in [6.07, 6.45) is 0.610. The number of methoxy groups -OCH3 is 1. The van der Waals surface area contributed by atoms with Gasteiger partial charge in [0.25, 0.3) is 5.91 Å². The van der Waals surface area contributed by atoms with Gasteiger partial charge in [-0.25, -0.2) is 5.43 Å². The zero-order valence-electron chi connectivity index (χ0n) is 25.3. The number of hydrogen-bond donors (Lipinski definition) is 1. The van der Waals surface area contributed by atoms with Crippen molar-refractivity contribution in [2.24, 2.45) is 15.3 Å². The first-order valence-electron chi connectivity index (χ1n) is 14.3. The Labute approximate surface area is 272 Å². The molecular formula is C35H30ClN7O3. The number of nitrogens with zero attached hydrogens (tertiary/aromatic N) is 6. The Kier molecular flexibility index (Phi) is 11.7. The summed E-state index contributed by atoms with van der Waals surface area (Å²) < 4.78 is 5.21. The van der Waals surface area contributed by atoms with Crippen molar-refractivity contribution in [1.29, 1.82) is 10.5 Å². The number of amidine groups is 1. The molecule has 0 radical (unpaired) electrons. The summed E-state index contributed by atoms with van der Waals surface area (Å²) in [6, 6.07) is 29.9. The predicted molar refractivity (Wildman–Crippen MR) is 177 cm³/mol. The summed E-state index contributed by atoms with van der Waals surface area (Å²) >= 11 is 6.22. The monoisotopic (exact) mass is 631 g/mol. The Morgan fingerprint density at radius 2 is 1.54 bits per heavy atom. The Hall–Kier alpha value is -5.84. The number of hydrazone groups is 1. The molecular weight excluding hydrogens is 602 g/mol. The van der Waals surface area contributed by atoms with Crippen molar-refractivity contribution in [3.63, 3.8) is 0 Å². The molecule has 4 aromatic carbocycles. The average molecular weight is 632 g/mol. The predicted octanol–water partition coefficient (Wildman–Crippen LogP) is 7.40. The van der Waals surface area contributed by atoms with E-state index >= 15 is 0 Å². The van der Waals surface area contributed by atoms with E-state index in [0.717, 1.165) is 11.3 Å². The van der Waals surface area contributed by atoms with Gasteiger partial charge in [0.1, 0.15) is 5.75 Å². The minimum atomic E-state index is -0.660. The molecule has 0 unspecified atom stereocenters. The molecule has 0 fully saturated rings. The molecule has 1 amide bonds. The summed E-state index contributed by atoms with van der Waals surface area (Å²) in [6.45, 7) is 2.79. The molecule has 11 heteroatoms. The van der Waals surface area contributed by atoms with Gasteiger partial charge in [0, 0.05) is 40.5 Å². The van der Waals surface area contributed by atoms with E-state index in [1.807, 2.05) is 24.0 Å². The maximum absolute atomic E-state index is 13.5. The summed E-state index contributed by atoms with van der Waals surface area (Å²) in [5.74, 6) is -0.236. The number of anilines is 1. The first kappa shape index (κ1) is 33.1. The van der Waals surface area contributed by atoms with Gasteiger partial charge in [-0.05, 0) is 73.2 Å². The third-order valence-electron chi connectivity index (χ3n) is 6.91. The van der Waals surface area contributed by atoms with E-state index < -0.39 is 5.91 Å². The number of halogens is 1. The zero-order valence-corrected chi connectivity index (χ0v) is 26.0. The van der Waals surface area contributed by atoms with Crippen LogP contribution in [0.5, 0.6) is 5.75 Å². The number of carbonyl (C=O) groups excluding carboxylic acids is 2. The van der Waals surface area contributed by atoms with Gasteiger partial charge in [-0.1, -0.05) is 41.9 Å².